The fraction of sp³-hybridized carbons (Fsp3) is 0.423. The van der Waals surface area contributed by atoms with Crippen molar-refractivity contribution in [3.63, 3.8) is 0 Å². The van der Waals surface area contributed by atoms with Gasteiger partial charge in [-0.25, -0.2) is 0 Å². The van der Waals surface area contributed by atoms with Crippen molar-refractivity contribution in [1.29, 1.82) is 0 Å². The predicted octanol–water partition coefficient (Wildman–Crippen LogP) is 28.6. The largest absolute Gasteiger partial charge is 0.496 e. The summed E-state index contributed by atoms with van der Waals surface area (Å²) in [6, 6.07) is 72.7. The van der Waals surface area contributed by atoms with Crippen LogP contribution in [0.1, 0.15) is 211 Å². The van der Waals surface area contributed by atoms with E-state index in [1.807, 2.05) is 12.4 Å². The number of hydrogen-bond donors (Lipinski definition) is 0. The molecule has 0 amide bonds. The molecule has 3 nitrogen and oxygen atoms in total. The highest BCUT2D eigenvalue weighted by Gasteiger charge is 2.19. The molecule has 0 fully saturated rings. The number of fused-ring (bicyclic) bond motifs is 6. The number of aryl methyl sites for hydroxylation is 3. The van der Waals surface area contributed by atoms with Crippen molar-refractivity contribution in [2.24, 2.45) is 59.2 Å². The van der Waals surface area contributed by atoms with Gasteiger partial charge in [0, 0.05) is 40.5 Å². The smallest absolute Gasteiger partial charge is 0.126 e. The van der Waals surface area contributed by atoms with E-state index < -0.39 is 0 Å². The molecule has 0 saturated heterocycles. The SMILES string of the molecule is CC(C)Cc1ccc(-c2ccc(CC(C)C)cc2)cc1.CC(C)Cc1ccc(-c2ccc(CC(C)C)nc2)cn1.CC(C)Cc1ccc2c(c1)CCc1cc(CC(C)C)ccc1-2.CC(C)Cc1ccc2c(ccc3cc(CC(C)C)ccc32)c1.COc1cc(CC(C)C)ccc1-c1ccc(CC(C)C)cc1C. The molecule has 11 aromatic rings. The molecule has 1 aliphatic carbocycles. The highest BCUT2D eigenvalue weighted by molar-refractivity contribution is 6.07. The third-order valence-corrected chi connectivity index (χ3v) is 19.7. The van der Waals surface area contributed by atoms with E-state index in [1.165, 1.54) is 131 Å². The zero-order valence-electron chi connectivity index (χ0n) is 70.2. The van der Waals surface area contributed by atoms with Crippen molar-refractivity contribution in [2.45, 2.75) is 222 Å². The van der Waals surface area contributed by atoms with E-state index in [0.717, 1.165) is 103 Å². The lowest BCUT2D eigenvalue weighted by Gasteiger charge is -2.22. The van der Waals surface area contributed by atoms with Crippen LogP contribution in [0, 0.1) is 66.1 Å². The molecule has 9 aromatic carbocycles. The summed E-state index contributed by atoms with van der Waals surface area (Å²) < 4.78 is 5.67. The van der Waals surface area contributed by atoms with Gasteiger partial charge in [-0.2, -0.15) is 0 Å². The Hall–Kier alpha value is -8.40. The van der Waals surface area contributed by atoms with Gasteiger partial charge < -0.3 is 4.74 Å². The second-order valence-corrected chi connectivity index (χ2v) is 35.3. The summed E-state index contributed by atoms with van der Waals surface area (Å²) in [6.45, 7) is 47.4. The summed E-state index contributed by atoms with van der Waals surface area (Å²) in [5, 5.41) is 5.48. The number of nitrogens with zero attached hydrogens (tertiary/aromatic N) is 2. The van der Waals surface area contributed by atoms with Crippen molar-refractivity contribution in [3.05, 3.63) is 279 Å². The first-order valence-electron chi connectivity index (χ1n) is 41.1. The molecule has 0 atom stereocenters. The molecule has 107 heavy (non-hydrogen) atoms. The minimum absolute atomic E-state index is 0.644. The molecule has 3 heteroatoms. The minimum Gasteiger partial charge on any atom is -0.496 e. The van der Waals surface area contributed by atoms with Gasteiger partial charge in [0.05, 0.1) is 7.11 Å². The first kappa shape index (κ1) is 84.2. The molecular weight excluding hydrogens is 1290 g/mol. The average Bonchev–Trinajstić information content (AvgIpc) is 0.788. The van der Waals surface area contributed by atoms with E-state index in [4.69, 9.17) is 4.74 Å². The molecule has 1 aliphatic rings. The number of aromatic nitrogens is 2. The first-order valence-corrected chi connectivity index (χ1v) is 41.1. The molecule has 12 rings (SSSR count). The van der Waals surface area contributed by atoms with Crippen molar-refractivity contribution in [1.82, 2.24) is 9.97 Å². The van der Waals surface area contributed by atoms with E-state index in [-0.39, 0.29) is 0 Å². The van der Waals surface area contributed by atoms with Crippen LogP contribution in [0.5, 0.6) is 5.75 Å². The van der Waals surface area contributed by atoms with Gasteiger partial charge in [0.2, 0.25) is 0 Å². The number of ether oxygens (including phenoxy) is 1. The molecule has 2 aromatic heterocycles. The Morgan fingerprint density at radius 3 is 0.860 bits per heavy atom. The van der Waals surface area contributed by atoms with Crippen LogP contribution in [0.15, 0.2) is 207 Å². The highest BCUT2D eigenvalue weighted by atomic mass is 16.5. The van der Waals surface area contributed by atoms with Gasteiger partial charge in [-0.3, -0.25) is 9.97 Å². The Kier molecular flexibility index (Phi) is 32.5. The second kappa shape index (κ2) is 41.2. The summed E-state index contributed by atoms with van der Waals surface area (Å²) in [5.74, 6) is 7.91. The molecule has 0 spiro atoms. The number of methoxy groups -OCH3 is 1. The van der Waals surface area contributed by atoms with Gasteiger partial charge in [0.1, 0.15) is 5.75 Å². The lowest BCUT2D eigenvalue weighted by molar-refractivity contribution is 0.415. The Morgan fingerprint density at radius 1 is 0.262 bits per heavy atom. The maximum atomic E-state index is 5.67. The molecule has 0 aliphatic heterocycles. The van der Waals surface area contributed by atoms with E-state index in [0.29, 0.717) is 35.5 Å². The van der Waals surface area contributed by atoms with Crippen LogP contribution in [-0.4, -0.2) is 17.1 Å². The van der Waals surface area contributed by atoms with Crippen LogP contribution in [0.2, 0.25) is 0 Å². The van der Waals surface area contributed by atoms with Crippen LogP contribution < -0.4 is 4.74 Å². The Bertz CT molecular complexity index is 4160. The molecule has 0 radical (unpaired) electrons. The number of hydrogen-bond acceptors (Lipinski definition) is 3. The summed E-state index contributed by atoms with van der Waals surface area (Å²) in [4.78, 5) is 9.08. The third kappa shape index (κ3) is 27.0. The number of benzene rings is 9. The van der Waals surface area contributed by atoms with E-state index in [9.17, 15) is 0 Å². The van der Waals surface area contributed by atoms with Crippen LogP contribution in [0.4, 0.5) is 0 Å². The van der Waals surface area contributed by atoms with Crippen molar-refractivity contribution in [3.8, 4) is 50.3 Å². The Labute approximate surface area is 650 Å². The highest BCUT2D eigenvalue weighted by Crippen LogP contribution is 2.38. The minimum atomic E-state index is 0.644. The summed E-state index contributed by atoms with van der Waals surface area (Å²) >= 11 is 0. The lowest BCUT2D eigenvalue weighted by atomic mass is 9.83. The van der Waals surface area contributed by atoms with Crippen LogP contribution in [0.25, 0.3) is 66.1 Å². The average molecular weight is 1430 g/mol. The summed E-state index contributed by atoms with van der Waals surface area (Å²) in [6.07, 6.45) is 17.6. The van der Waals surface area contributed by atoms with E-state index >= 15 is 0 Å². The zero-order chi connectivity index (χ0) is 77.4. The maximum absolute atomic E-state index is 5.67. The zero-order valence-corrected chi connectivity index (χ0v) is 70.2. The third-order valence-electron chi connectivity index (χ3n) is 19.7. The van der Waals surface area contributed by atoms with Gasteiger partial charge >= 0.3 is 0 Å². The van der Waals surface area contributed by atoms with Crippen molar-refractivity contribution in [2.75, 3.05) is 7.11 Å². The molecule has 0 N–H and O–H groups in total. The van der Waals surface area contributed by atoms with Crippen LogP contribution >= 0.6 is 0 Å². The Balaban J connectivity index is 0.000000169. The second-order valence-electron chi connectivity index (χ2n) is 35.3. The van der Waals surface area contributed by atoms with E-state index in [2.05, 4.69) is 349 Å². The fourth-order valence-electron chi connectivity index (χ4n) is 15.1. The molecule has 2 heterocycles. The fourth-order valence-corrected chi connectivity index (χ4v) is 15.1. The molecule has 0 bridgehead atoms. The van der Waals surface area contributed by atoms with Crippen molar-refractivity contribution >= 4 is 21.5 Å². The topological polar surface area (TPSA) is 35.0 Å². The first-order chi connectivity index (χ1) is 51.0. The van der Waals surface area contributed by atoms with Gasteiger partial charge in [-0.15, -0.1) is 0 Å². The quantitative estimate of drug-likeness (QED) is 0.0566. The van der Waals surface area contributed by atoms with Crippen molar-refractivity contribution < 1.29 is 4.74 Å². The summed E-state index contributed by atoms with van der Waals surface area (Å²) in [5.41, 5.74) is 28.5. The summed E-state index contributed by atoms with van der Waals surface area (Å²) in [7, 11) is 1.76. The predicted molar refractivity (Wildman–Crippen MR) is 469 cm³/mol. The van der Waals surface area contributed by atoms with Gasteiger partial charge in [-0.1, -0.05) is 314 Å². The molecular formula is C104H134N2O. The van der Waals surface area contributed by atoms with Crippen LogP contribution in [0.3, 0.4) is 0 Å². The standard InChI is InChI=1S/C22H30O.C22H28.C22H26.C20H26.C18H24N2/c1-15(2)11-18-7-9-20(17(5)13-18)21-10-8-19(12-16(3)4)14-22(21)23-6;2*1-15(2)11-17-5-9-21-19(13-17)7-8-20-14-18(12-16(3)4)6-10-22(20)21;1-15(2)13-17-5-9-19(10-6-17)20-11-7-18(8-12-20)14-16(3)4;1-13(2)9-17-7-5-15(11-19-17)16-6-8-18(20-12-16)10-14(3)4/h7-10,13-16H,11-12H2,1-6H3;5-6,9-10,13-16H,7-8,11-12H2,1-4H3;5-10,13-16H,11-12H2,1-4H3;5-12,15-16H,13-14H2,1-4H3;5-8,11-14H,9-10H2,1-4H3. The lowest BCUT2D eigenvalue weighted by Crippen LogP contribution is -2.06. The van der Waals surface area contributed by atoms with Gasteiger partial charge in [0.15, 0.2) is 0 Å². The molecule has 0 saturated carbocycles. The Morgan fingerprint density at radius 2 is 0.542 bits per heavy atom. The van der Waals surface area contributed by atoms with Gasteiger partial charge in [-0.05, 0) is 272 Å². The monoisotopic (exact) mass is 1430 g/mol. The molecule has 0 unspecified atom stereocenters. The number of pyridine rings is 2. The van der Waals surface area contributed by atoms with E-state index in [1.54, 1.807) is 18.2 Å². The number of rotatable bonds is 24. The van der Waals surface area contributed by atoms with Gasteiger partial charge in [0.25, 0.3) is 0 Å². The maximum Gasteiger partial charge on any atom is 0.126 e. The molecule has 566 valence electrons. The van der Waals surface area contributed by atoms with Crippen LogP contribution in [-0.2, 0) is 77.0 Å². The normalized spacial score (nSPS) is 11.9.